The number of urea groups is 1. The molecule has 0 fully saturated rings. The average molecular weight is 396 g/mol. The maximum absolute atomic E-state index is 12.1. The molecule has 0 saturated heterocycles. The third-order valence-electron chi connectivity index (χ3n) is 3.12. The molecule has 0 aliphatic carbocycles. The molecular formula is C15H17AsN2O6. The topological polar surface area (TPSA) is 117 Å². The number of ether oxygens (including phenoxy) is 2. The SMILES string of the molecule is COc1ccc(OC)c(NC(=O)Nc2ccc([As](=O)(O)O)cc2)c1. The van der Waals surface area contributed by atoms with Crippen LogP contribution in [0.4, 0.5) is 16.2 Å². The van der Waals surface area contributed by atoms with Crippen LogP contribution in [-0.2, 0) is 3.74 Å². The predicted molar refractivity (Wildman–Crippen MR) is 89.1 cm³/mol. The maximum atomic E-state index is 12.1. The van der Waals surface area contributed by atoms with Crippen LogP contribution < -0.4 is 24.5 Å². The number of hydrogen-bond acceptors (Lipinski definition) is 4. The molecule has 4 N–H and O–H groups in total. The van der Waals surface area contributed by atoms with Crippen LogP contribution in [0.3, 0.4) is 0 Å². The van der Waals surface area contributed by atoms with Crippen molar-refractivity contribution in [1.29, 1.82) is 0 Å². The first kappa shape index (κ1) is 17.9. The van der Waals surface area contributed by atoms with Crippen molar-refractivity contribution >= 4 is 35.9 Å². The Hall–Kier alpha value is -2.41. The Labute approximate surface area is 141 Å². The van der Waals surface area contributed by atoms with Crippen LogP contribution in [0.5, 0.6) is 11.5 Å². The summed E-state index contributed by atoms with van der Waals surface area (Å²) in [6.07, 6.45) is 0. The summed E-state index contributed by atoms with van der Waals surface area (Å²) < 4.78 is 39.6. The molecule has 0 heterocycles. The first-order chi connectivity index (χ1) is 11.3. The molecule has 2 aromatic carbocycles. The van der Waals surface area contributed by atoms with Crippen molar-refractivity contribution in [3.8, 4) is 11.5 Å². The molecule has 2 amide bonds. The van der Waals surface area contributed by atoms with Gasteiger partial charge in [0.15, 0.2) is 0 Å². The number of carbonyl (C=O) groups excluding carboxylic acids is 1. The number of anilines is 2. The monoisotopic (exact) mass is 396 g/mol. The number of benzene rings is 2. The van der Waals surface area contributed by atoms with Crippen molar-refractivity contribution in [2.24, 2.45) is 0 Å². The summed E-state index contributed by atoms with van der Waals surface area (Å²) in [6, 6.07) is 9.82. The van der Waals surface area contributed by atoms with Gasteiger partial charge in [-0.1, -0.05) is 0 Å². The molecule has 0 unspecified atom stereocenters. The number of nitrogens with one attached hydrogen (secondary N) is 2. The average Bonchev–Trinajstić information content (AvgIpc) is 2.54. The molecule has 2 aromatic rings. The molecule has 0 aliphatic heterocycles. The van der Waals surface area contributed by atoms with Crippen LogP contribution in [0.15, 0.2) is 42.5 Å². The zero-order valence-electron chi connectivity index (χ0n) is 13.0. The fourth-order valence-corrected chi connectivity index (χ4v) is 3.06. The second-order valence-corrected chi connectivity index (χ2v) is 8.10. The van der Waals surface area contributed by atoms with E-state index in [0.717, 1.165) is 0 Å². The summed E-state index contributed by atoms with van der Waals surface area (Å²) in [5.74, 6) is 1.02. The molecule has 24 heavy (non-hydrogen) atoms. The normalized spacial score (nSPS) is 10.8. The molecule has 0 bridgehead atoms. The molecule has 0 radical (unpaired) electrons. The number of methoxy groups -OCH3 is 2. The molecule has 0 atom stereocenters. The molecule has 9 heteroatoms. The van der Waals surface area contributed by atoms with Crippen LogP contribution in [0, 0.1) is 0 Å². The summed E-state index contributed by atoms with van der Waals surface area (Å²) in [7, 11) is 2.99. The Morgan fingerprint density at radius 2 is 1.67 bits per heavy atom. The summed E-state index contributed by atoms with van der Waals surface area (Å²) in [4.78, 5) is 12.1. The molecule has 0 saturated carbocycles. The third-order valence-corrected chi connectivity index (χ3v) is 5.15. The van der Waals surface area contributed by atoms with Crippen LogP contribution >= 0.6 is 0 Å². The van der Waals surface area contributed by atoms with Crippen molar-refractivity contribution in [3.05, 3.63) is 42.5 Å². The molecule has 2 rings (SSSR count). The second kappa shape index (κ2) is 7.44. The van der Waals surface area contributed by atoms with Gasteiger partial charge in [-0.2, -0.15) is 0 Å². The Morgan fingerprint density at radius 1 is 1.00 bits per heavy atom. The molecule has 8 nitrogen and oxygen atoms in total. The van der Waals surface area contributed by atoms with Crippen molar-refractivity contribution < 1.29 is 26.2 Å². The number of rotatable bonds is 5. The first-order valence-corrected chi connectivity index (χ1v) is 10.2. The molecule has 0 aliphatic rings. The van der Waals surface area contributed by atoms with E-state index in [1.807, 2.05) is 0 Å². The Morgan fingerprint density at radius 3 is 2.21 bits per heavy atom. The number of hydrogen-bond donors (Lipinski definition) is 4. The molecule has 0 spiro atoms. The summed E-state index contributed by atoms with van der Waals surface area (Å²) in [5.41, 5.74) is 0.812. The van der Waals surface area contributed by atoms with E-state index < -0.39 is 20.2 Å². The van der Waals surface area contributed by atoms with Crippen molar-refractivity contribution in [2.45, 2.75) is 0 Å². The van der Waals surface area contributed by atoms with E-state index in [9.17, 15) is 8.53 Å². The van der Waals surface area contributed by atoms with E-state index in [2.05, 4.69) is 10.6 Å². The van der Waals surface area contributed by atoms with Crippen LogP contribution in [0.2, 0.25) is 0 Å². The van der Waals surface area contributed by atoms with Gasteiger partial charge in [0.25, 0.3) is 0 Å². The Kier molecular flexibility index (Phi) is 5.56. The minimum absolute atomic E-state index is 0.0615. The quantitative estimate of drug-likeness (QED) is 0.559. The molecule has 128 valence electrons. The van der Waals surface area contributed by atoms with Crippen molar-refractivity contribution in [3.63, 3.8) is 0 Å². The van der Waals surface area contributed by atoms with Crippen molar-refractivity contribution in [2.75, 3.05) is 24.9 Å². The van der Waals surface area contributed by atoms with Crippen LogP contribution in [-0.4, -0.2) is 42.6 Å². The predicted octanol–water partition coefficient (Wildman–Crippen LogP) is 0.909. The summed E-state index contributed by atoms with van der Waals surface area (Å²) in [5, 5.41) is 5.19. The number of carbonyl (C=O) groups is 1. The zero-order valence-corrected chi connectivity index (χ0v) is 14.9. The van der Waals surface area contributed by atoms with Gasteiger partial charge in [0.2, 0.25) is 0 Å². The van der Waals surface area contributed by atoms with E-state index >= 15 is 0 Å². The minimum atomic E-state index is -4.93. The summed E-state index contributed by atoms with van der Waals surface area (Å²) in [6.45, 7) is 0. The Bertz CT molecular complexity index is 772. The third kappa shape index (κ3) is 4.55. The van der Waals surface area contributed by atoms with Gasteiger partial charge in [0, 0.05) is 0 Å². The van der Waals surface area contributed by atoms with Gasteiger partial charge in [0.1, 0.15) is 0 Å². The van der Waals surface area contributed by atoms with Gasteiger partial charge in [-0.25, -0.2) is 0 Å². The van der Waals surface area contributed by atoms with Gasteiger partial charge < -0.3 is 0 Å². The van der Waals surface area contributed by atoms with Gasteiger partial charge >= 0.3 is 141 Å². The Balaban J connectivity index is 2.09. The zero-order chi connectivity index (χ0) is 17.7. The van der Waals surface area contributed by atoms with Crippen LogP contribution in [0.25, 0.3) is 0 Å². The fourth-order valence-electron chi connectivity index (χ4n) is 1.94. The van der Waals surface area contributed by atoms with E-state index in [1.54, 1.807) is 18.2 Å². The number of amides is 2. The van der Waals surface area contributed by atoms with E-state index in [4.69, 9.17) is 17.7 Å². The first-order valence-electron chi connectivity index (χ1n) is 6.79. The molecular weight excluding hydrogens is 379 g/mol. The second-order valence-electron chi connectivity index (χ2n) is 4.74. The fraction of sp³-hybridized carbons (Fsp3) is 0.133. The van der Waals surface area contributed by atoms with E-state index in [0.29, 0.717) is 22.9 Å². The molecule has 0 aromatic heterocycles. The van der Waals surface area contributed by atoms with Crippen LogP contribution in [0.1, 0.15) is 0 Å². The van der Waals surface area contributed by atoms with Gasteiger partial charge in [0.05, 0.1) is 0 Å². The van der Waals surface area contributed by atoms with E-state index in [-0.39, 0.29) is 4.35 Å². The van der Waals surface area contributed by atoms with Gasteiger partial charge in [-0.05, 0) is 0 Å². The standard InChI is InChI=1S/C15H17AsN2O6/c1-23-12-7-8-14(24-2)13(9-12)18-15(19)17-11-5-3-10(4-6-11)16(20,21)22/h3-9H,1-2H3,(H2,17,18,19)(H2,20,21,22). The van der Waals surface area contributed by atoms with Gasteiger partial charge in [-0.3, -0.25) is 0 Å². The van der Waals surface area contributed by atoms with Gasteiger partial charge in [-0.15, -0.1) is 0 Å². The summed E-state index contributed by atoms with van der Waals surface area (Å²) >= 11 is -4.93. The van der Waals surface area contributed by atoms with Crippen molar-refractivity contribution in [1.82, 2.24) is 0 Å². The van der Waals surface area contributed by atoms with E-state index in [1.165, 1.54) is 38.5 Å².